The zero-order valence-corrected chi connectivity index (χ0v) is 34.0. The number of fused-ring (bicyclic) bond motifs is 13. The first kappa shape index (κ1) is 35.4. The number of anilines is 3. The molecular weight excluding hydrogens is 769 g/mol. The number of para-hydroxylation sites is 1. The molecule has 2 aliphatic rings. The molecule has 2 aliphatic carbocycles. The molecule has 5 heteroatoms. The van der Waals surface area contributed by atoms with Gasteiger partial charge in [0.25, 0.3) is 0 Å². The van der Waals surface area contributed by atoms with Gasteiger partial charge in [0.15, 0.2) is 17.5 Å². The number of rotatable bonds is 6. The lowest BCUT2D eigenvalue weighted by atomic mass is 9.70. The van der Waals surface area contributed by atoms with Crippen LogP contribution in [0, 0.1) is 0 Å². The molecule has 294 valence electrons. The lowest BCUT2D eigenvalue weighted by molar-refractivity contribution is 0.669. The van der Waals surface area contributed by atoms with E-state index in [0.29, 0.717) is 17.5 Å². The Kier molecular flexibility index (Phi) is 7.75. The highest BCUT2D eigenvalue weighted by Crippen LogP contribution is 2.64. The molecule has 2 aromatic heterocycles. The van der Waals surface area contributed by atoms with E-state index in [-0.39, 0.29) is 0 Å². The Labute approximate surface area is 364 Å². The van der Waals surface area contributed by atoms with Crippen molar-refractivity contribution in [1.29, 1.82) is 0 Å². The Morgan fingerprint density at radius 2 is 0.873 bits per heavy atom. The Hall–Kier alpha value is -8.41. The van der Waals surface area contributed by atoms with Crippen molar-refractivity contribution in [2.75, 3.05) is 4.90 Å². The van der Waals surface area contributed by atoms with E-state index in [0.717, 1.165) is 55.7 Å². The molecule has 0 radical (unpaired) electrons. The molecule has 0 fully saturated rings. The highest BCUT2D eigenvalue weighted by molar-refractivity contribution is 6.13. The topological polar surface area (TPSA) is 55.1 Å². The third-order valence-corrected chi connectivity index (χ3v) is 12.9. The van der Waals surface area contributed by atoms with E-state index in [1.807, 2.05) is 72.8 Å². The van der Waals surface area contributed by atoms with Crippen LogP contribution in [-0.2, 0) is 5.41 Å². The van der Waals surface area contributed by atoms with E-state index in [9.17, 15) is 0 Å². The zero-order valence-electron chi connectivity index (χ0n) is 34.0. The fourth-order valence-corrected chi connectivity index (χ4v) is 10.4. The summed E-state index contributed by atoms with van der Waals surface area (Å²) in [6.45, 7) is 0. The van der Waals surface area contributed by atoms with Crippen LogP contribution < -0.4 is 4.90 Å². The zero-order chi connectivity index (χ0) is 41.5. The molecule has 13 rings (SSSR count). The quantitative estimate of drug-likeness (QED) is 0.168. The van der Waals surface area contributed by atoms with Crippen molar-refractivity contribution in [3.05, 3.63) is 241 Å². The van der Waals surface area contributed by atoms with Gasteiger partial charge in [-0.1, -0.05) is 176 Å². The molecule has 0 N–H and O–H groups in total. The average molecular weight is 805 g/mol. The number of hydrogen-bond acceptors (Lipinski definition) is 5. The van der Waals surface area contributed by atoms with Crippen molar-refractivity contribution in [2.45, 2.75) is 5.41 Å². The predicted molar refractivity (Wildman–Crippen MR) is 254 cm³/mol. The van der Waals surface area contributed by atoms with Crippen molar-refractivity contribution in [1.82, 2.24) is 15.0 Å². The SMILES string of the molecule is c1ccc(-c2nc(-c3ccccc3)nc(-c3cccc4oc5cc(N(c6ccccc6)c6cccc7c6-c6ccccc6C76c7ccccc7-c7ccccc76)ccc5c34)n2)cc1. The number of benzene rings is 9. The minimum absolute atomic E-state index is 0.452. The third-order valence-electron chi connectivity index (χ3n) is 12.9. The van der Waals surface area contributed by atoms with Gasteiger partial charge < -0.3 is 9.32 Å². The molecule has 0 bridgehead atoms. The van der Waals surface area contributed by atoms with Gasteiger partial charge in [0, 0.05) is 50.5 Å². The summed E-state index contributed by atoms with van der Waals surface area (Å²) in [6.07, 6.45) is 0. The second kappa shape index (κ2) is 13.8. The van der Waals surface area contributed by atoms with Crippen molar-refractivity contribution >= 4 is 39.0 Å². The molecular formula is C58H36N4O. The molecule has 9 aromatic carbocycles. The van der Waals surface area contributed by atoms with Crippen LogP contribution >= 0.6 is 0 Å². The summed E-state index contributed by atoms with van der Waals surface area (Å²) in [4.78, 5) is 17.5. The van der Waals surface area contributed by atoms with Crippen LogP contribution in [0.1, 0.15) is 22.3 Å². The summed E-state index contributed by atoms with van der Waals surface area (Å²) in [5.74, 6) is 1.83. The summed E-state index contributed by atoms with van der Waals surface area (Å²) in [5, 5.41) is 1.95. The lowest BCUT2D eigenvalue weighted by Crippen LogP contribution is -2.26. The Morgan fingerprint density at radius 3 is 1.52 bits per heavy atom. The highest BCUT2D eigenvalue weighted by Gasteiger charge is 2.52. The van der Waals surface area contributed by atoms with Gasteiger partial charge in [-0.05, 0) is 75.3 Å². The molecule has 0 saturated heterocycles. The van der Waals surface area contributed by atoms with Crippen LogP contribution in [0.25, 0.3) is 78.4 Å². The van der Waals surface area contributed by atoms with E-state index >= 15 is 0 Å². The second-order valence-corrected chi connectivity index (χ2v) is 16.3. The molecule has 0 aliphatic heterocycles. The van der Waals surface area contributed by atoms with Crippen LogP contribution in [0.5, 0.6) is 0 Å². The molecule has 0 saturated carbocycles. The molecule has 11 aromatic rings. The second-order valence-electron chi connectivity index (χ2n) is 16.3. The number of hydrogen-bond donors (Lipinski definition) is 0. The molecule has 0 amide bonds. The van der Waals surface area contributed by atoms with E-state index in [1.165, 1.54) is 44.5 Å². The molecule has 5 nitrogen and oxygen atoms in total. The molecule has 2 heterocycles. The van der Waals surface area contributed by atoms with Gasteiger partial charge in [0.1, 0.15) is 11.2 Å². The maximum Gasteiger partial charge on any atom is 0.164 e. The van der Waals surface area contributed by atoms with Crippen molar-refractivity contribution in [3.63, 3.8) is 0 Å². The molecule has 0 unspecified atom stereocenters. The molecule has 1 spiro atoms. The van der Waals surface area contributed by atoms with Gasteiger partial charge in [-0.15, -0.1) is 0 Å². The van der Waals surface area contributed by atoms with Gasteiger partial charge in [-0.2, -0.15) is 0 Å². The Morgan fingerprint density at radius 1 is 0.365 bits per heavy atom. The first-order valence-corrected chi connectivity index (χ1v) is 21.4. The van der Waals surface area contributed by atoms with E-state index in [4.69, 9.17) is 19.4 Å². The smallest absolute Gasteiger partial charge is 0.164 e. The first-order valence-electron chi connectivity index (χ1n) is 21.4. The van der Waals surface area contributed by atoms with Gasteiger partial charge in [0.05, 0.1) is 11.1 Å². The highest BCUT2D eigenvalue weighted by atomic mass is 16.3. The number of aromatic nitrogens is 3. The Bertz CT molecular complexity index is 3480. The van der Waals surface area contributed by atoms with Gasteiger partial charge in [0.2, 0.25) is 0 Å². The summed E-state index contributed by atoms with van der Waals surface area (Å²) < 4.78 is 6.81. The molecule has 0 atom stereocenters. The van der Waals surface area contributed by atoms with Crippen LogP contribution in [0.2, 0.25) is 0 Å². The minimum atomic E-state index is -0.452. The van der Waals surface area contributed by atoms with Crippen molar-refractivity contribution in [3.8, 4) is 56.4 Å². The predicted octanol–water partition coefficient (Wildman–Crippen LogP) is 14.6. The normalized spacial score (nSPS) is 12.9. The van der Waals surface area contributed by atoms with Crippen LogP contribution in [0.15, 0.2) is 223 Å². The van der Waals surface area contributed by atoms with Crippen LogP contribution in [-0.4, -0.2) is 15.0 Å². The van der Waals surface area contributed by atoms with Crippen molar-refractivity contribution in [2.24, 2.45) is 0 Å². The maximum atomic E-state index is 6.81. The standard InChI is InChI=1S/C58H36N4O/c1-4-18-37(19-5-1)55-59-56(38-20-6-2-7-21-38)61-57(60-55)45-27-16-33-51-53(45)44-35-34-40(36-52(44)63-51)62(39-22-8-3-9-23-39)50-32-17-31-49-54(50)43-26-12-15-30-48(43)58(49)46-28-13-10-24-41(46)42-25-11-14-29-47(42)58/h1-36H. The minimum Gasteiger partial charge on any atom is -0.456 e. The van der Waals surface area contributed by atoms with E-state index < -0.39 is 5.41 Å². The maximum absolute atomic E-state index is 6.81. The fourth-order valence-electron chi connectivity index (χ4n) is 10.4. The lowest BCUT2D eigenvalue weighted by Gasteiger charge is -2.31. The van der Waals surface area contributed by atoms with Crippen LogP contribution in [0.3, 0.4) is 0 Å². The van der Waals surface area contributed by atoms with Crippen molar-refractivity contribution < 1.29 is 4.42 Å². The summed E-state index contributed by atoms with van der Waals surface area (Å²) in [6, 6.07) is 77.3. The van der Waals surface area contributed by atoms with Gasteiger partial charge in [-0.25, -0.2) is 15.0 Å². The van der Waals surface area contributed by atoms with Crippen LogP contribution in [0.4, 0.5) is 17.1 Å². The van der Waals surface area contributed by atoms with E-state index in [2.05, 4.69) is 150 Å². The van der Waals surface area contributed by atoms with Gasteiger partial charge >= 0.3 is 0 Å². The largest absolute Gasteiger partial charge is 0.456 e. The first-order chi connectivity index (χ1) is 31.3. The fraction of sp³-hybridized carbons (Fsp3) is 0.0172. The van der Waals surface area contributed by atoms with Gasteiger partial charge in [-0.3, -0.25) is 0 Å². The Balaban J connectivity index is 1.01. The summed E-state index contributed by atoms with van der Waals surface area (Å²) in [7, 11) is 0. The number of furan rings is 1. The summed E-state index contributed by atoms with van der Waals surface area (Å²) in [5.41, 5.74) is 17.3. The number of nitrogens with zero attached hydrogens (tertiary/aromatic N) is 4. The molecule has 63 heavy (non-hydrogen) atoms. The third kappa shape index (κ3) is 5.20. The monoisotopic (exact) mass is 804 g/mol. The average Bonchev–Trinajstić information content (AvgIpc) is 3.99. The summed E-state index contributed by atoms with van der Waals surface area (Å²) >= 11 is 0. The van der Waals surface area contributed by atoms with E-state index in [1.54, 1.807) is 0 Å².